The van der Waals surface area contributed by atoms with Crippen LogP contribution in [0.3, 0.4) is 0 Å². The molecule has 13 heavy (non-hydrogen) atoms. The number of carbonyl (C=O) groups excluding carboxylic acids is 1. The summed E-state index contributed by atoms with van der Waals surface area (Å²) in [5, 5.41) is 0. The first kappa shape index (κ1) is 8.75. The summed E-state index contributed by atoms with van der Waals surface area (Å²) in [7, 11) is 0. The molecule has 0 aromatic rings. The third-order valence-electron chi connectivity index (χ3n) is 3.20. The molecular weight excluding hydrogens is 164 g/mol. The van der Waals surface area contributed by atoms with Gasteiger partial charge in [0, 0.05) is 18.1 Å². The van der Waals surface area contributed by atoms with Crippen molar-refractivity contribution in [3.8, 4) is 0 Å². The van der Waals surface area contributed by atoms with Crippen LogP contribution in [0.2, 0.25) is 0 Å². The number of nitrogens with zero attached hydrogens (tertiary/aromatic N) is 1. The molecule has 72 valence electrons. The third-order valence-corrected chi connectivity index (χ3v) is 3.20. The Bertz CT molecular complexity index is 225. The molecule has 0 spiro atoms. The molecule has 2 unspecified atom stereocenters. The Morgan fingerprint density at radius 3 is 2.38 bits per heavy atom. The van der Waals surface area contributed by atoms with Gasteiger partial charge in [0.2, 0.25) is 5.91 Å². The van der Waals surface area contributed by atoms with Crippen molar-refractivity contribution in [2.45, 2.75) is 43.8 Å². The fourth-order valence-corrected chi connectivity index (χ4v) is 2.68. The summed E-state index contributed by atoms with van der Waals surface area (Å²) in [6, 6.07) is 1.07. The lowest BCUT2D eigenvalue weighted by Gasteiger charge is -2.37. The standard InChI is InChI=1S/C10H16N2O/c1-2-10(13)12-8-3-4-9(12)6-7(11)5-8/h2,7-9H,1,3-6,11H2. The quantitative estimate of drug-likeness (QED) is 0.602. The zero-order valence-electron chi connectivity index (χ0n) is 7.78. The van der Waals surface area contributed by atoms with Gasteiger partial charge in [0.25, 0.3) is 0 Å². The molecule has 3 heteroatoms. The maximum atomic E-state index is 11.5. The van der Waals surface area contributed by atoms with Gasteiger partial charge in [0.1, 0.15) is 0 Å². The molecule has 2 heterocycles. The molecule has 2 fully saturated rings. The van der Waals surface area contributed by atoms with Crippen LogP contribution in [0.5, 0.6) is 0 Å². The van der Waals surface area contributed by atoms with E-state index in [9.17, 15) is 4.79 Å². The lowest BCUT2D eigenvalue weighted by molar-refractivity contribution is -0.130. The Hall–Kier alpha value is -0.830. The molecule has 2 bridgehead atoms. The van der Waals surface area contributed by atoms with Gasteiger partial charge < -0.3 is 10.6 Å². The van der Waals surface area contributed by atoms with Gasteiger partial charge in [-0.3, -0.25) is 4.79 Å². The van der Waals surface area contributed by atoms with Crippen molar-refractivity contribution < 1.29 is 4.79 Å². The zero-order chi connectivity index (χ0) is 9.42. The largest absolute Gasteiger partial charge is 0.333 e. The molecule has 1 amide bonds. The second-order valence-corrected chi connectivity index (χ2v) is 4.07. The molecule has 2 N–H and O–H groups in total. The molecule has 2 aliphatic rings. The van der Waals surface area contributed by atoms with Crippen molar-refractivity contribution in [2.24, 2.45) is 5.73 Å². The third kappa shape index (κ3) is 1.37. The fraction of sp³-hybridized carbons (Fsp3) is 0.700. The predicted octanol–water partition coefficient (Wildman–Crippen LogP) is 0.653. The summed E-state index contributed by atoms with van der Waals surface area (Å²) in [6.45, 7) is 3.53. The number of carbonyl (C=O) groups is 1. The summed E-state index contributed by atoms with van der Waals surface area (Å²) in [5.41, 5.74) is 5.90. The summed E-state index contributed by atoms with van der Waals surface area (Å²) in [6.07, 6.45) is 5.60. The molecule has 0 saturated carbocycles. The van der Waals surface area contributed by atoms with Crippen molar-refractivity contribution in [1.29, 1.82) is 0 Å². The number of hydrogen-bond acceptors (Lipinski definition) is 2. The monoisotopic (exact) mass is 180 g/mol. The maximum Gasteiger partial charge on any atom is 0.246 e. The van der Waals surface area contributed by atoms with E-state index < -0.39 is 0 Å². The smallest absolute Gasteiger partial charge is 0.246 e. The van der Waals surface area contributed by atoms with Gasteiger partial charge in [-0.2, -0.15) is 0 Å². The van der Waals surface area contributed by atoms with Crippen LogP contribution in [0.25, 0.3) is 0 Å². The molecule has 2 aliphatic heterocycles. The van der Waals surface area contributed by atoms with E-state index in [-0.39, 0.29) is 5.91 Å². The van der Waals surface area contributed by atoms with E-state index in [4.69, 9.17) is 5.73 Å². The van der Waals surface area contributed by atoms with E-state index in [1.807, 2.05) is 4.90 Å². The van der Waals surface area contributed by atoms with E-state index in [1.54, 1.807) is 0 Å². The Morgan fingerprint density at radius 1 is 1.38 bits per heavy atom. The number of amides is 1. The fourth-order valence-electron chi connectivity index (χ4n) is 2.68. The van der Waals surface area contributed by atoms with Gasteiger partial charge in [-0.25, -0.2) is 0 Å². The molecule has 2 atom stereocenters. The lowest BCUT2D eigenvalue weighted by atomic mass is 9.98. The second-order valence-electron chi connectivity index (χ2n) is 4.07. The van der Waals surface area contributed by atoms with Crippen molar-refractivity contribution in [3.63, 3.8) is 0 Å². The SMILES string of the molecule is C=CC(=O)N1C2CCC1CC(N)C2. The van der Waals surface area contributed by atoms with E-state index in [1.165, 1.54) is 6.08 Å². The number of hydrogen-bond donors (Lipinski definition) is 1. The van der Waals surface area contributed by atoms with E-state index in [0.717, 1.165) is 25.7 Å². The normalized spacial score (nSPS) is 37.6. The molecule has 0 radical (unpaired) electrons. The first-order valence-corrected chi connectivity index (χ1v) is 4.92. The van der Waals surface area contributed by atoms with Gasteiger partial charge in [-0.15, -0.1) is 0 Å². The number of nitrogens with two attached hydrogens (primary N) is 1. The molecule has 0 aliphatic carbocycles. The van der Waals surface area contributed by atoms with E-state index in [0.29, 0.717) is 18.1 Å². The molecule has 0 aromatic carbocycles. The van der Waals surface area contributed by atoms with Gasteiger partial charge >= 0.3 is 0 Å². The van der Waals surface area contributed by atoms with E-state index >= 15 is 0 Å². The highest BCUT2D eigenvalue weighted by molar-refractivity contribution is 5.87. The summed E-state index contributed by atoms with van der Waals surface area (Å²) in [5.74, 6) is 0.0828. The Labute approximate surface area is 78.6 Å². The number of fused-ring (bicyclic) bond motifs is 2. The lowest BCUT2D eigenvalue weighted by Crippen LogP contribution is -2.49. The van der Waals surface area contributed by atoms with Crippen molar-refractivity contribution in [2.75, 3.05) is 0 Å². The number of rotatable bonds is 1. The summed E-state index contributed by atoms with van der Waals surface area (Å²) >= 11 is 0. The highest BCUT2D eigenvalue weighted by Crippen LogP contribution is 2.34. The van der Waals surface area contributed by atoms with Crippen LogP contribution in [0, 0.1) is 0 Å². The predicted molar refractivity (Wildman–Crippen MR) is 51.1 cm³/mol. The van der Waals surface area contributed by atoms with Crippen LogP contribution < -0.4 is 5.73 Å². The van der Waals surface area contributed by atoms with Crippen LogP contribution in [0.15, 0.2) is 12.7 Å². The molecular formula is C10H16N2O. The number of piperidine rings is 1. The van der Waals surface area contributed by atoms with Crippen molar-refractivity contribution in [1.82, 2.24) is 4.90 Å². The minimum absolute atomic E-state index is 0.0828. The summed E-state index contributed by atoms with van der Waals surface area (Å²) < 4.78 is 0. The van der Waals surface area contributed by atoms with E-state index in [2.05, 4.69) is 6.58 Å². The Kier molecular flexibility index (Phi) is 2.12. The average Bonchev–Trinajstić information content (AvgIpc) is 2.37. The van der Waals surface area contributed by atoms with Crippen molar-refractivity contribution in [3.05, 3.63) is 12.7 Å². The summed E-state index contributed by atoms with van der Waals surface area (Å²) in [4.78, 5) is 13.5. The molecule has 3 nitrogen and oxygen atoms in total. The van der Waals surface area contributed by atoms with Crippen LogP contribution in [-0.4, -0.2) is 28.9 Å². The van der Waals surface area contributed by atoms with Crippen molar-refractivity contribution >= 4 is 5.91 Å². The first-order valence-electron chi connectivity index (χ1n) is 4.92. The molecule has 2 saturated heterocycles. The van der Waals surface area contributed by atoms with Crippen LogP contribution in [0.1, 0.15) is 25.7 Å². The average molecular weight is 180 g/mol. The Balaban J connectivity index is 2.14. The van der Waals surface area contributed by atoms with Crippen LogP contribution >= 0.6 is 0 Å². The minimum atomic E-state index is 0.0828. The highest BCUT2D eigenvalue weighted by atomic mass is 16.2. The van der Waals surface area contributed by atoms with Gasteiger partial charge in [-0.05, 0) is 31.8 Å². The minimum Gasteiger partial charge on any atom is -0.333 e. The Morgan fingerprint density at radius 2 is 1.92 bits per heavy atom. The van der Waals surface area contributed by atoms with Gasteiger partial charge in [0.05, 0.1) is 0 Å². The molecule has 0 aromatic heterocycles. The second kappa shape index (κ2) is 3.14. The topological polar surface area (TPSA) is 46.3 Å². The van der Waals surface area contributed by atoms with Crippen LogP contribution in [-0.2, 0) is 4.79 Å². The first-order chi connectivity index (χ1) is 6.22. The molecule has 2 rings (SSSR count). The van der Waals surface area contributed by atoms with Gasteiger partial charge in [-0.1, -0.05) is 6.58 Å². The van der Waals surface area contributed by atoms with Gasteiger partial charge in [0.15, 0.2) is 0 Å². The van der Waals surface area contributed by atoms with Crippen LogP contribution in [0.4, 0.5) is 0 Å². The maximum absolute atomic E-state index is 11.5. The zero-order valence-corrected chi connectivity index (χ0v) is 7.78. The highest BCUT2D eigenvalue weighted by Gasteiger charge is 2.41.